The minimum Gasteiger partial charge on any atom is -0.759 e. The van der Waals surface area contributed by atoms with Gasteiger partial charge >= 0.3 is 59.1 Å². The number of rotatable bonds is 0. The number of hydrogen-bond donors (Lipinski definition) is 0. The van der Waals surface area contributed by atoms with Gasteiger partial charge in [-0.05, 0) is 27.7 Å². The van der Waals surface area contributed by atoms with Gasteiger partial charge in [0.2, 0.25) is 0 Å². The van der Waals surface area contributed by atoms with Crippen LogP contribution < -0.4 is 59.1 Å². The maximum Gasteiger partial charge on any atom is 1.00 e. The molecule has 0 aliphatic rings. The van der Waals surface area contributed by atoms with Crippen molar-refractivity contribution in [2.75, 3.05) is 0 Å². The minimum atomic E-state index is -5.17. The van der Waals surface area contributed by atoms with Gasteiger partial charge in [0, 0.05) is 10.4 Å². The molecule has 80 valence electrons. The van der Waals surface area contributed by atoms with Gasteiger partial charge in [-0.3, -0.25) is 8.42 Å². The average molecular weight is 258 g/mol. The summed E-state index contributed by atoms with van der Waals surface area (Å²) in [5, 5.41) is 0. The summed E-state index contributed by atoms with van der Waals surface area (Å²) < 4.78 is 34.1. The van der Waals surface area contributed by atoms with E-state index in [1.165, 1.54) is 27.7 Å². The Kier molecular flexibility index (Phi) is 35.0. The number of carbonyl (C=O) groups excluding carboxylic acids is 2. The third-order valence-corrected chi connectivity index (χ3v) is 0. The fourth-order valence-electron chi connectivity index (χ4n) is 0. The molecule has 0 spiro atoms. The first-order valence-corrected chi connectivity index (χ1v) is 4.41. The topological polar surface area (TPSA) is 114 Å². The molecule has 0 aromatic carbocycles. The van der Waals surface area contributed by atoms with Gasteiger partial charge in [0.1, 0.15) is 11.6 Å². The second kappa shape index (κ2) is 17.6. The van der Waals surface area contributed by atoms with E-state index in [1.807, 2.05) is 0 Å². The summed E-state index contributed by atoms with van der Waals surface area (Å²) in [5.41, 5.74) is 0. The van der Waals surface area contributed by atoms with Crippen LogP contribution in [0.1, 0.15) is 27.7 Å². The van der Waals surface area contributed by atoms with Gasteiger partial charge in [-0.1, -0.05) is 0 Å². The maximum absolute atomic E-state index is 9.44. The van der Waals surface area contributed by atoms with Crippen molar-refractivity contribution >= 4 is 22.0 Å². The van der Waals surface area contributed by atoms with Crippen molar-refractivity contribution in [2.45, 2.75) is 27.7 Å². The molecule has 0 aromatic heterocycles. The predicted octanol–water partition coefficient (Wildman–Crippen LogP) is -6.14. The molecule has 0 aliphatic heterocycles. The third kappa shape index (κ3) is 1810. The molecular formula is C6H12Na2O6S. The molecule has 6 nitrogen and oxygen atoms in total. The summed E-state index contributed by atoms with van der Waals surface area (Å²) in [6.45, 7) is 6.11. The Morgan fingerprint density at radius 3 is 0.800 bits per heavy atom. The van der Waals surface area contributed by atoms with Crippen molar-refractivity contribution in [3.05, 3.63) is 0 Å². The van der Waals surface area contributed by atoms with Crippen LogP contribution in [0.15, 0.2) is 0 Å². The molecule has 0 fully saturated rings. The summed E-state index contributed by atoms with van der Waals surface area (Å²) in [6, 6.07) is 0. The standard InChI is InChI=1S/2C3H6O.2Na.H2O4S/c2*1-3(2)4;;;1-5(2,3)4/h2*1-2H3;;;(H2,1,2,3,4)/q;;2*+1;/p-2. The molecule has 0 amide bonds. The number of Topliss-reactive ketones (excluding diaryl/α,β-unsaturated/α-hetero) is 2. The van der Waals surface area contributed by atoms with Crippen LogP contribution in [-0.4, -0.2) is 29.1 Å². The van der Waals surface area contributed by atoms with Gasteiger partial charge in [-0.15, -0.1) is 0 Å². The Morgan fingerprint density at radius 2 is 0.800 bits per heavy atom. The van der Waals surface area contributed by atoms with Gasteiger partial charge in [-0.25, -0.2) is 0 Å². The summed E-state index contributed by atoms with van der Waals surface area (Å²) in [5.74, 6) is 0.333. The van der Waals surface area contributed by atoms with Gasteiger partial charge in [0.05, 0.1) is 0 Å². The van der Waals surface area contributed by atoms with Gasteiger partial charge < -0.3 is 18.7 Å². The predicted molar refractivity (Wildman–Crippen MR) is 43.2 cm³/mol. The van der Waals surface area contributed by atoms with Gasteiger partial charge in [0.25, 0.3) is 0 Å². The molecule has 9 heteroatoms. The van der Waals surface area contributed by atoms with Crippen LogP contribution in [0.4, 0.5) is 0 Å². The van der Waals surface area contributed by atoms with Crippen LogP contribution in [-0.2, 0) is 20.0 Å². The number of hydrogen-bond acceptors (Lipinski definition) is 6. The first-order valence-electron chi connectivity index (χ1n) is 3.07. The van der Waals surface area contributed by atoms with Crippen LogP contribution in [0, 0.1) is 0 Å². The largest absolute Gasteiger partial charge is 1.00 e. The van der Waals surface area contributed by atoms with Crippen molar-refractivity contribution in [1.29, 1.82) is 0 Å². The Labute approximate surface area is 134 Å². The number of carbonyl (C=O) groups is 2. The van der Waals surface area contributed by atoms with Crippen LogP contribution in [0.25, 0.3) is 0 Å². The van der Waals surface area contributed by atoms with Crippen LogP contribution in [0.3, 0.4) is 0 Å². The molecule has 0 aliphatic carbocycles. The second-order valence-corrected chi connectivity index (χ2v) is 3.04. The molecule has 0 radical (unpaired) electrons. The molecule has 0 saturated heterocycles. The van der Waals surface area contributed by atoms with Crippen LogP contribution in [0.2, 0.25) is 0 Å². The Morgan fingerprint density at radius 1 is 0.800 bits per heavy atom. The van der Waals surface area contributed by atoms with Crippen LogP contribution >= 0.6 is 0 Å². The first kappa shape index (κ1) is 29.8. The van der Waals surface area contributed by atoms with Crippen LogP contribution in [0.5, 0.6) is 0 Å². The van der Waals surface area contributed by atoms with E-state index in [1.54, 1.807) is 0 Å². The minimum absolute atomic E-state index is 0. The van der Waals surface area contributed by atoms with Crippen molar-refractivity contribution in [3.63, 3.8) is 0 Å². The van der Waals surface area contributed by atoms with E-state index in [2.05, 4.69) is 0 Å². The molecule has 0 heterocycles. The molecule has 0 rings (SSSR count). The SMILES string of the molecule is CC(C)=O.CC(C)=O.O=S(=O)([O-])[O-].[Na+].[Na+]. The summed E-state index contributed by atoms with van der Waals surface area (Å²) in [4.78, 5) is 18.9. The van der Waals surface area contributed by atoms with E-state index in [4.69, 9.17) is 17.5 Å². The Bertz CT molecular complexity index is 220. The molecule has 0 saturated carbocycles. The molecule has 0 aromatic rings. The van der Waals surface area contributed by atoms with Crippen molar-refractivity contribution in [2.24, 2.45) is 0 Å². The molecule has 0 bridgehead atoms. The quantitative estimate of drug-likeness (QED) is 0.242. The zero-order valence-corrected chi connectivity index (χ0v) is 14.7. The first-order chi connectivity index (χ1) is 5.46. The molecule has 0 N–H and O–H groups in total. The van der Waals surface area contributed by atoms with E-state index in [0.717, 1.165) is 0 Å². The molecule has 0 unspecified atom stereocenters. The maximum atomic E-state index is 9.44. The fraction of sp³-hybridized carbons (Fsp3) is 0.667. The van der Waals surface area contributed by atoms with Crippen molar-refractivity contribution in [3.8, 4) is 0 Å². The normalized spacial score (nSPS) is 7.33. The van der Waals surface area contributed by atoms with Crippen molar-refractivity contribution in [1.82, 2.24) is 0 Å². The smallest absolute Gasteiger partial charge is 0.759 e. The Hall–Kier alpha value is 1.21. The summed E-state index contributed by atoms with van der Waals surface area (Å²) >= 11 is 0. The number of ketones is 2. The average Bonchev–Trinajstić information content (AvgIpc) is 1.50. The zero-order valence-electron chi connectivity index (χ0n) is 9.86. The third-order valence-electron chi connectivity index (χ3n) is 0. The van der Waals surface area contributed by atoms with E-state index in [9.17, 15) is 9.59 Å². The van der Waals surface area contributed by atoms with Gasteiger partial charge in [0.15, 0.2) is 0 Å². The summed E-state index contributed by atoms with van der Waals surface area (Å²) in [7, 11) is -5.17. The second-order valence-electron chi connectivity index (χ2n) is 2.22. The van der Waals surface area contributed by atoms with E-state index < -0.39 is 10.4 Å². The van der Waals surface area contributed by atoms with E-state index in [0.29, 0.717) is 0 Å². The van der Waals surface area contributed by atoms with E-state index in [-0.39, 0.29) is 70.7 Å². The fourth-order valence-corrected chi connectivity index (χ4v) is 0. The van der Waals surface area contributed by atoms with Gasteiger partial charge in [-0.2, -0.15) is 0 Å². The molecule has 0 atom stereocenters. The Balaban J connectivity index is -0.0000000315. The zero-order chi connectivity index (χ0) is 11.7. The molecular weight excluding hydrogens is 246 g/mol. The van der Waals surface area contributed by atoms with E-state index >= 15 is 0 Å². The van der Waals surface area contributed by atoms with Crippen molar-refractivity contribution < 1.29 is 86.2 Å². The summed E-state index contributed by atoms with van der Waals surface area (Å²) in [6.07, 6.45) is 0. The molecule has 15 heavy (non-hydrogen) atoms. The monoisotopic (exact) mass is 258 g/mol.